The molecule has 2 heterocycles. The molecule has 3 rings (SSSR count). The fourth-order valence-corrected chi connectivity index (χ4v) is 3.03. The minimum absolute atomic E-state index is 0.120. The zero-order valence-corrected chi connectivity index (χ0v) is 14.3. The molecule has 2 aromatic heterocycles. The van der Waals surface area contributed by atoms with Crippen LogP contribution in [0.1, 0.15) is 17.1 Å². The first-order valence-electron chi connectivity index (χ1n) is 7.50. The Morgan fingerprint density at radius 3 is 2.79 bits per heavy atom. The number of rotatable bonds is 6. The first-order valence-corrected chi connectivity index (χ1v) is 8.48. The first-order chi connectivity index (χ1) is 11.6. The van der Waals surface area contributed by atoms with E-state index < -0.39 is 0 Å². The number of pyridine rings is 1. The summed E-state index contributed by atoms with van der Waals surface area (Å²) < 4.78 is 7.55. The molecule has 0 fully saturated rings. The van der Waals surface area contributed by atoms with Crippen molar-refractivity contribution < 1.29 is 4.74 Å². The van der Waals surface area contributed by atoms with Crippen LogP contribution in [0.15, 0.2) is 52.5 Å². The molecule has 0 saturated heterocycles. The van der Waals surface area contributed by atoms with Gasteiger partial charge in [0.05, 0.1) is 6.20 Å². The molecule has 0 aliphatic heterocycles. The highest BCUT2D eigenvalue weighted by Crippen LogP contribution is 2.19. The van der Waals surface area contributed by atoms with E-state index in [0.717, 1.165) is 17.1 Å². The zero-order valence-electron chi connectivity index (χ0n) is 13.5. The van der Waals surface area contributed by atoms with Gasteiger partial charge in [-0.15, -0.1) is 5.10 Å². The number of aromatic nitrogens is 4. The van der Waals surface area contributed by atoms with Gasteiger partial charge in [-0.05, 0) is 12.5 Å². The summed E-state index contributed by atoms with van der Waals surface area (Å²) in [5, 5.41) is 7.55. The average molecular weight is 342 g/mol. The second-order valence-electron chi connectivity index (χ2n) is 5.37. The van der Waals surface area contributed by atoms with E-state index in [1.54, 1.807) is 12.3 Å². The van der Waals surface area contributed by atoms with Crippen LogP contribution in [0.3, 0.4) is 0 Å². The van der Waals surface area contributed by atoms with Crippen LogP contribution in [0.25, 0.3) is 0 Å². The van der Waals surface area contributed by atoms with E-state index in [1.165, 1.54) is 11.8 Å². The number of benzene rings is 1. The lowest BCUT2D eigenvalue weighted by Crippen LogP contribution is -2.13. The van der Waals surface area contributed by atoms with Gasteiger partial charge in [-0.3, -0.25) is 9.89 Å². The van der Waals surface area contributed by atoms with Crippen LogP contribution >= 0.6 is 11.8 Å². The van der Waals surface area contributed by atoms with Crippen LogP contribution < -0.4 is 10.2 Å². The van der Waals surface area contributed by atoms with Crippen LogP contribution in [-0.4, -0.2) is 19.7 Å². The molecule has 0 unspecified atom stereocenters. The second kappa shape index (κ2) is 7.35. The monoisotopic (exact) mass is 342 g/mol. The molecule has 6 nitrogen and oxygen atoms in total. The summed E-state index contributed by atoms with van der Waals surface area (Å²) >= 11 is 1.48. The SMILES string of the molecule is Cc1nc(SCc2cc(=O)c(OCc3ccccc3)cn2C)n[nH]1. The number of aryl methyl sites for hydroxylation is 2. The Kier molecular flexibility index (Phi) is 5.00. The van der Waals surface area contributed by atoms with Crippen molar-refractivity contribution in [2.24, 2.45) is 7.05 Å². The highest BCUT2D eigenvalue weighted by atomic mass is 32.2. The zero-order chi connectivity index (χ0) is 16.9. The summed E-state index contributed by atoms with van der Waals surface area (Å²) in [5.41, 5.74) is 1.80. The van der Waals surface area contributed by atoms with Crippen molar-refractivity contribution in [3.63, 3.8) is 0 Å². The number of ether oxygens (including phenoxy) is 1. The predicted molar refractivity (Wildman–Crippen MR) is 93.1 cm³/mol. The van der Waals surface area contributed by atoms with Crippen molar-refractivity contribution >= 4 is 11.8 Å². The summed E-state index contributed by atoms with van der Waals surface area (Å²) in [6, 6.07) is 11.4. The third-order valence-corrected chi connectivity index (χ3v) is 4.35. The van der Waals surface area contributed by atoms with Gasteiger partial charge in [-0.2, -0.15) is 0 Å². The fourth-order valence-electron chi connectivity index (χ4n) is 2.16. The van der Waals surface area contributed by atoms with E-state index in [-0.39, 0.29) is 5.43 Å². The predicted octanol–water partition coefficient (Wildman–Crippen LogP) is 2.68. The van der Waals surface area contributed by atoms with E-state index >= 15 is 0 Å². The average Bonchev–Trinajstić information content (AvgIpc) is 3.00. The normalized spacial score (nSPS) is 10.8. The third kappa shape index (κ3) is 4.05. The molecule has 24 heavy (non-hydrogen) atoms. The van der Waals surface area contributed by atoms with Crippen LogP contribution in [0.4, 0.5) is 0 Å². The number of H-pyrrole nitrogens is 1. The molecule has 0 saturated carbocycles. The van der Waals surface area contributed by atoms with Gasteiger partial charge >= 0.3 is 0 Å². The van der Waals surface area contributed by atoms with Crippen molar-refractivity contribution in [1.82, 2.24) is 19.7 Å². The van der Waals surface area contributed by atoms with Gasteiger partial charge in [0.1, 0.15) is 12.4 Å². The van der Waals surface area contributed by atoms with E-state index in [1.807, 2.05) is 48.9 Å². The Morgan fingerprint density at radius 1 is 1.29 bits per heavy atom. The summed E-state index contributed by atoms with van der Waals surface area (Å²) in [7, 11) is 1.90. The maximum atomic E-state index is 12.2. The van der Waals surface area contributed by atoms with Gasteiger partial charge in [0.25, 0.3) is 0 Å². The van der Waals surface area contributed by atoms with Gasteiger partial charge in [-0.1, -0.05) is 42.1 Å². The summed E-state index contributed by atoms with van der Waals surface area (Å²) in [6.07, 6.45) is 1.73. The smallest absolute Gasteiger partial charge is 0.223 e. The lowest BCUT2D eigenvalue weighted by Gasteiger charge is -2.11. The number of hydrogen-bond acceptors (Lipinski definition) is 5. The topological polar surface area (TPSA) is 72.8 Å². The molecule has 0 bridgehead atoms. The molecule has 0 spiro atoms. The highest BCUT2D eigenvalue weighted by molar-refractivity contribution is 7.98. The van der Waals surface area contributed by atoms with Crippen molar-refractivity contribution in [3.05, 3.63) is 69.9 Å². The van der Waals surface area contributed by atoms with Crippen molar-refractivity contribution in [1.29, 1.82) is 0 Å². The van der Waals surface area contributed by atoms with E-state index in [9.17, 15) is 4.79 Å². The van der Waals surface area contributed by atoms with Crippen molar-refractivity contribution in [2.45, 2.75) is 24.4 Å². The van der Waals surface area contributed by atoms with Gasteiger partial charge in [0, 0.05) is 24.6 Å². The second-order valence-corrected chi connectivity index (χ2v) is 6.31. The Labute approximate surface area is 143 Å². The maximum Gasteiger partial charge on any atom is 0.223 e. The minimum Gasteiger partial charge on any atom is -0.483 e. The molecular weight excluding hydrogens is 324 g/mol. The summed E-state index contributed by atoms with van der Waals surface area (Å²) in [4.78, 5) is 16.5. The lowest BCUT2D eigenvalue weighted by molar-refractivity contribution is 0.300. The molecule has 3 aromatic rings. The maximum absolute atomic E-state index is 12.2. The number of hydrogen-bond donors (Lipinski definition) is 1. The molecule has 0 amide bonds. The molecule has 124 valence electrons. The van der Waals surface area contributed by atoms with Gasteiger partial charge in [0.15, 0.2) is 5.75 Å². The summed E-state index contributed by atoms with van der Waals surface area (Å²) in [5.74, 6) is 1.74. The number of nitrogens with one attached hydrogen (secondary N) is 1. The highest BCUT2D eigenvalue weighted by Gasteiger charge is 2.08. The van der Waals surface area contributed by atoms with Crippen LogP contribution in [0.2, 0.25) is 0 Å². The number of thioether (sulfide) groups is 1. The molecular formula is C17H18N4O2S. The number of aromatic amines is 1. The van der Waals surface area contributed by atoms with Crippen molar-refractivity contribution in [2.75, 3.05) is 0 Å². The quantitative estimate of drug-likeness (QED) is 0.697. The Balaban J connectivity index is 1.67. The van der Waals surface area contributed by atoms with E-state index in [2.05, 4.69) is 15.2 Å². The molecule has 0 radical (unpaired) electrons. The Bertz CT molecular complexity index is 874. The Hall–Kier alpha value is -2.54. The molecule has 0 atom stereocenters. The van der Waals surface area contributed by atoms with E-state index in [0.29, 0.717) is 23.3 Å². The number of nitrogens with zero attached hydrogens (tertiary/aromatic N) is 3. The first kappa shape index (κ1) is 16.3. The largest absolute Gasteiger partial charge is 0.483 e. The standard InChI is InChI=1S/C17H18N4O2S/c1-12-18-17(20-19-12)24-11-14-8-15(22)16(9-21(14)2)23-10-13-6-4-3-5-7-13/h3-9H,10-11H2,1-2H3,(H,18,19,20). The summed E-state index contributed by atoms with van der Waals surface area (Å²) in [6.45, 7) is 2.23. The van der Waals surface area contributed by atoms with Crippen molar-refractivity contribution in [3.8, 4) is 5.75 Å². The third-order valence-electron chi connectivity index (χ3n) is 3.47. The lowest BCUT2D eigenvalue weighted by atomic mass is 10.2. The van der Waals surface area contributed by atoms with Crippen LogP contribution in [-0.2, 0) is 19.4 Å². The molecule has 1 N–H and O–H groups in total. The van der Waals surface area contributed by atoms with Gasteiger partial charge < -0.3 is 9.30 Å². The van der Waals surface area contributed by atoms with E-state index in [4.69, 9.17) is 4.74 Å². The van der Waals surface area contributed by atoms with Gasteiger partial charge in [0.2, 0.25) is 10.6 Å². The molecule has 0 aliphatic rings. The molecule has 0 aliphatic carbocycles. The molecule has 1 aromatic carbocycles. The van der Waals surface area contributed by atoms with Crippen LogP contribution in [0.5, 0.6) is 5.75 Å². The fraction of sp³-hybridized carbons (Fsp3) is 0.235. The molecule has 7 heteroatoms. The van der Waals surface area contributed by atoms with Crippen LogP contribution in [0, 0.1) is 6.92 Å². The minimum atomic E-state index is -0.120. The van der Waals surface area contributed by atoms with Gasteiger partial charge in [-0.25, -0.2) is 4.98 Å². The Morgan fingerprint density at radius 2 is 2.08 bits per heavy atom.